The van der Waals surface area contributed by atoms with Crippen LogP contribution in [0.3, 0.4) is 0 Å². The number of halogens is 3. The highest BCUT2D eigenvalue weighted by Gasteiger charge is 2.30. The molecule has 0 aliphatic carbocycles. The van der Waals surface area contributed by atoms with Crippen molar-refractivity contribution in [2.75, 3.05) is 17.8 Å². The van der Waals surface area contributed by atoms with Crippen LogP contribution in [-0.4, -0.2) is 41.7 Å². The smallest absolute Gasteiger partial charge is 0.387 e. The van der Waals surface area contributed by atoms with Crippen molar-refractivity contribution in [1.82, 2.24) is 20.4 Å². The number of aromatic nitrogens is 3. The number of hydrogen-bond acceptors (Lipinski definition) is 8. The van der Waals surface area contributed by atoms with E-state index in [9.17, 15) is 26.7 Å². The molecule has 0 saturated carbocycles. The van der Waals surface area contributed by atoms with E-state index in [1.807, 2.05) is 18.2 Å². The molecule has 2 heterocycles. The van der Waals surface area contributed by atoms with E-state index < -0.39 is 33.8 Å². The zero-order valence-corrected chi connectivity index (χ0v) is 24.9. The van der Waals surface area contributed by atoms with Gasteiger partial charge in [0.15, 0.2) is 0 Å². The van der Waals surface area contributed by atoms with Gasteiger partial charge in [0.05, 0.1) is 22.5 Å². The zero-order chi connectivity index (χ0) is 32.0. The van der Waals surface area contributed by atoms with E-state index in [1.54, 1.807) is 49.6 Å². The van der Waals surface area contributed by atoms with Crippen molar-refractivity contribution in [2.24, 2.45) is 0 Å². The molecule has 3 aromatic carbocycles. The van der Waals surface area contributed by atoms with Crippen LogP contribution in [0.15, 0.2) is 107 Å². The van der Waals surface area contributed by atoms with Gasteiger partial charge < -0.3 is 14.9 Å². The molecule has 9 nitrogen and oxygen atoms in total. The molecule has 2 atom stereocenters. The van der Waals surface area contributed by atoms with Crippen LogP contribution in [0.5, 0.6) is 0 Å². The molecule has 3 N–H and O–H groups in total. The van der Waals surface area contributed by atoms with Crippen molar-refractivity contribution < 1.29 is 31.2 Å². The van der Waals surface area contributed by atoms with Gasteiger partial charge in [0, 0.05) is 35.8 Å². The fourth-order valence-corrected chi connectivity index (χ4v) is 5.59. The summed E-state index contributed by atoms with van der Waals surface area (Å²) in [5.41, 5.74) is 2.48. The fraction of sp³-hybridized carbons (Fsp3) is 0.219. The Morgan fingerprint density at radius 3 is 2.29 bits per heavy atom. The molecule has 5 aromatic rings. The second-order valence-corrected chi connectivity index (χ2v) is 12.1. The molecule has 0 fully saturated rings. The molecule has 0 aliphatic rings. The van der Waals surface area contributed by atoms with Crippen LogP contribution in [0.25, 0.3) is 11.4 Å². The van der Waals surface area contributed by atoms with Gasteiger partial charge in [-0.25, -0.2) is 8.42 Å². The molecule has 5 rings (SSSR count). The Morgan fingerprint density at radius 1 is 0.933 bits per heavy atom. The van der Waals surface area contributed by atoms with Gasteiger partial charge in [-0.3, -0.25) is 9.71 Å². The van der Waals surface area contributed by atoms with Crippen molar-refractivity contribution in [2.45, 2.75) is 36.4 Å². The molecule has 45 heavy (non-hydrogen) atoms. The van der Waals surface area contributed by atoms with Crippen molar-refractivity contribution in [3.63, 3.8) is 0 Å². The number of hydrogen-bond donors (Lipinski definition) is 3. The molecular weight excluding hydrogens is 607 g/mol. The Labute approximate surface area is 258 Å². The minimum Gasteiger partial charge on any atom is -0.387 e. The Balaban J connectivity index is 1.14. The molecule has 0 radical (unpaired) electrons. The summed E-state index contributed by atoms with van der Waals surface area (Å²) >= 11 is 0. The number of aliphatic hydroxyl groups excluding tert-OH is 1. The Kier molecular flexibility index (Phi) is 9.61. The lowest BCUT2D eigenvalue weighted by molar-refractivity contribution is -0.137. The third-order valence-electron chi connectivity index (χ3n) is 7.18. The lowest BCUT2D eigenvalue weighted by Crippen LogP contribution is -2.23. The summed E-state index contributed by atoms with van der Waals surface area (Å²) in [6.07, 6.45) is -1.11. The van der Waals surface area contributed by atoms with Crippen LogP contribution in [0.2, 0.25) is 0 Å². The first-order valence-corrected chi connectivity index (χ1v) is 15.5. The second-order valence-electron chi connectivity index (χ2n) is 10.4. The summed E-state index contributed by atoms with van der Waals surface area (Å²) < 4.78 is 72.5. The average Bonchev–Trinajstić information content (AvgIpc) is 3.54. The number of benzene rings is 3. The van der Waals surface area contributed by atoms with Gasteiger partial charge in [-0.15, -0.1) is 0 Å². The third-order valence-corrected chi connectivity index (χ3v) is 8.57. The monoisotopic (exact) mass is 637 g/mol. The number of nitrogens with one attached hydrogen (secondary N) is 2. The maximum atomic E-state index is 13.0. The fourth-order valence-electron chi connectivity index (χ4n) is 4.53. The molecule has 0 amide bonds. The lowest BCUT2D eigenvalue weighted by Gasteiger charge is -2.12. The van der Waals surface area contributed by atoms with Crippen molar-refractivity contribution in [3.05, 3.63) is 125 Å². The summed E-state index contributed by atoms with van der Waals surface area (Å²) in [4.78, 5) is 8.40. The van der Waals surface area contributed by atoms with E-state index in [-0.39, 0.29) is 16.6 Å². The lowest BCUT2D eigenvalue weighted by atomic mass is 9.99. The van der Waals surface area contributed by atoms with Crippen molar-refractivity contribution in [1.29, 1.82) is 0 Å². The first-order valence-electron chi connectivity index (χ1n) is 14.0. The summed E-state index contributed by atoms with van der Waals surface area (Å²) in [7, 11) is -3.88. The van der Waals surface area contributed by atoms with E-state index in [0.717, 1.165) is 23.3 Å². The van der Waals surface area contributed by atoms with Crippen molar-refractivity contribution in [3.8, 4) is 11.4 Å². The maximum Gasteiger partial charge on any atom is 0.416 e. The molecule has 13 heteroatoms. The predicted molar refractivity (Wildman–Crippen MR) is 162 cm³/mol. The second kappa shape index (κ2) is 13.6. The Hall–Kier alpha value is -4.59. The number of anilines is 1. The number of sulfonamides is 1. The average molecular weight is 638 g/mol. The van der Waals surface area contributed by atoms with Gasteiger partial charge in [-0.2, -0.15) is 18.2 Å². The standard InChI is InChI=1S/C32H30F3N5O4S/c1-21(23-6-10-26(11-7-23)32(33,34)35)31-38-30(39-44-31)24-8-14-28(15-9-24)45(42,43)40-27-12-4-22(5-13-27)16-18-37-20-29(41)25-3-2-17-36-19-25/h2-15,17,19,21,29,37,40-41H,16,18,20H2,1H3/t21?,29-/m0/s1. The Bertz CT molecular complexity index is 1800. The molecule has 0 bridgehead atoms. The van der Waals surface area contributed by atoms with Gasteiger partial charge in [0.1, 0.15) is 0 Å². The SMILES string of the molecule is CC(c1ccc(C(F)(F)F)cc1)c1nc(-c2ccc(S(=O)(=O)Nc3ccc(CCNC[C@H](O)c4cccnc4)cc3)cc2)no1. The van der Waals surface area contributed by atoms with Gasteiger partial charge in [-0.1, -0.05) is 35.5 Å². The first-order chi connectivity index (χ1) is 21.5. The molecule has 0 saturated heterocycles. The molecule has 0 aliphatic heterocycles. The van der Waals surface area contributed by atoms with Crippen LogP contribution >= 0.6 is 0 Å². The van der Waals surface area contributed by atoms with E-state index in [0.29, 0.717) is 36.3 Å². The molecule has 0 spiro atoms. The number of rotatable bonds is 12. The summed E-state index contributed by atoms with van der Waals surface area (Å²) in [6, 6.07) is 21.3. The summed E-state index contributed by atoms with van der Waals surface area (Å²) in [5.74, 6) is -0.0210. The quantitative estimate of drug-likeness (QED) is 0.143. The molecule has 1 unspecified atom stereocenters. The minimum absolute atomic E-state index is 0.0357. The van der Waals surface area contributed by atoms with Crippen LogP contribution in [0, 0.1) is 0 Å². The van der Waals surface area contributed by atoms with E-state index >= 15 is 0 Å². The van der Waals surface area contributed by atoms with Gasteiger partial charge in [0.25, 0.3) is 10.0 Å². The van der Waals surface area contributed by atoms with Crippen LogP contribution < -0.4 is 10.0 Å². The maximum absolute atomic E-state index is 13.0. The van der Waals surface area contributed by atoms with Crippen LogP contribution in [0.4, 0.5) is 18.9 Å². The molecular formula is C32H30F3N5O4S. The van der Waals surface area contributed by atoms with E-state index in [4.69, 9.17) is 4.52 Å². The number of alkyl halides is 3. The summed E-state index contributed by atoms with van der Waals surface area (Å²) in [6.45, 7) is 2.75. The Morgan fingerprint density at radius 2 is 1.64 bits per heavy atom. The normalized spacial score (nSPS) is 13.4. The highest BCUT2D eigenvalue weighted by molar-refractivity contribution is 7.92. The highest BCUT2D eigenvalue weighted by Crippen LogP contribution is 2.32. The molecule has 234 valence electrons. The van der Waals surface area contributed by atoms with Gasteiger partial charge >= 0.3 is 6.18 Å². The summed E-state index contributed by atoms with van der Waals surface area (Å²) in [5, 5.41) is 17.4. The highest BCUT2D eigenvalue weighted by atomic mass is 32.2. The zero-order valence-electron chi connectivity index (χ0n) is 24.1. The first kappa shape index (κ1) is 31.8. The van der Waals surface area contributed by atoms with Gasteiger partial charge in [0.2, 0.25) is 11.7 Å². The number of aliphatic hydroxyl groups is 1. The number of nitrogens with zero attached hydrogens (tertiary/aromatic N) is 3. The number of pyridine rings is 1. The van der Waals surface area contributed by atoms with Crippen molar-refractivity contribution >= 4 is 15.7 Å². The topological polar surface area (TPSA) is 130 Å². The van der Waals surface area contributed by atoms with Crippen LogP contribution in [-0.2, 0) is 22.6 Å². The van der Waals surface area contributed by atoms with E-state index in [1.165, 1.54) is 24.3 Å². The minimum atomic E-state index is -4.43. The predicted octanol–water partition coefficient (Wildman–Crippen LogP) is 5.97. The van der Waals surface area contributed by atoms with Gasteiger partial charge in [-0.05, 0) is 85.6 Å². The van der Waals surface area contributed by atoms with E-state index in [2.05, 4.69) is 25.2 Å². The van der Waals surface area contributed by atoms with Crippen LogP contribution in [0.1, 0.15) is 47.1 Å². The largest absolute Gasteiger partial charge is 0.416 e. The third kappa shape index (κ3) is 8.12. The molecule has 2 aromatic heterocycles.